The molecule has 0 unspecified atom stereocenters. The van der Waals surface area contributed by atoms with E-state index in [1.807, 2.05) is 0 Å². The van der Waals surface area contributed by atoms with Gasteiger partial charge in [0.25, 0.3) is 11.2 Å². The molecule has 0 saturated carbocycles. The molecule has 0 fully saturated rings. The second-order valence-electron chi connectivity index (χ2n) is 11.6. The first-order chi connectivity index (χ1) is 21.4. The highest BCUT2D eigenvalue weighted by Gasteiger charge is 2.65. The first-order valence-corrected chi connectivity index (χ1v) is 14.3. The van der Waals surface area contributed by atoms with Gasteiger partial charge in [-0.2, -0.15) is 26.3 Å². The SMILES string of the molecule is CO[C@](C(=O)OC[C@]1(C)CC(=O)C=C(C)[C@@H]1CC[C@H](C)OC(=O)[C@@](OC)(c1ccccc1)C(F)(F)F)(c1ccccc1)C(F)(F)F. The van der Waals surface area contributed by atoms with E-state index in [0.717, 1.165) is 38.5 Å². The van der Waals surface area contributed by atoms with Gasteiger partial charge >= 0.3 is 24.3 Å². The number of alkyl halides is 6. The second-order valence-corrected chi connectivity index (χ2v) is 11.6. The van der Waals surface area contributed by atoms with Gasteiger partial charge in [0.1, 0.15) is 0 Å². The number of ether oxygens (including phenoxy) is 4. The fraction of sp³-hybridized carbons (Fsp3) is 0.485. The summed E-state index contributed by atoms with van der Waals surface area (Å²) in [7, 11) is 1.49. The lowest BCUT2D eigenvalue weighted by Gasteiger charge is -2.41. The number of carbonyl (C=O) groups is 3. The molecule has 46 heavy (non-hydrogen) atoms. The molecule has 0 aliphatic heterocycles. The molecule has 0 spiro atoms. The maximum Gasteiger partial charge on any atom is 0.432 e. The molecule has 3 rings (SSSR count). The lowest BCUT2D eigenvalue weighted by molar-refractivity contribution is -0.279. The summed E-state index contributed by atoms with van der Waals surface area (Å²) in [6, 6.07) is 12.6. The van der Waals surface area contributed by atoms with Crippen molar-refractivity contribution in [1.82, 2.24) is 0 Å². The number of methoxy groups -OCH3 is 2. The van der Waals surface area contributed by atoms with Crippen LogP contribution in [0, 0.1) is 11.3 Å². The number of carbonyl (C=O) groups excluding carboxylic acids is 3. The van der Waals surface area contributed by atoms with Gasteiger partial charge in [0.05, 0.1) is 12.7 Å². The van der Waals surface area contributed by atoms with Crippen molar-refractivity contribution in [1.29, 1.82) is 0 Å². The fourth-order valence-corrected chi connectivity index (χ4v) is 6.04. The van der Waals surface area contributed by atoms with Gasteiger partial charge in [-0.05, 0) is 38.7 Å². The Labute approximate surface area is 262 Å². The zero-order valence-electron chi connectivity index (χ0n) is 26.0. The fourth-order valence-electron chi connectivity index (χ4n) is 6.04. The van der Waals surface area contributed by atoms with E-state index in [1.165, 1.54) is 49.4 Å². The van der Waals surface area contributed by atoms with Crippen molar-refractivity contribution >= 4 is 17.7 Å². The molecule has 2 aromatic carbocycles. The van der Waals surface area contributed by atoms with Crippen LogP contribution in [-0.2, 0) is 44.5 Å². The monoisotopic (exact) mass is 658 g/mol. The maximum absolute atomic E-state index is 14.4. The third kappa shape index (κ3) is 7.00. The lowest BCUT2D eigenvalue weighted by Crippen LogP contribution is -2.53. The predicted molar refractivity (Wildman–Crippen MR) is 153 cm³/mol. The van der Waals surface area contributed by atoms with Crippen LogP contribution in [0.25, 0.3) is 0 Å². The molecule has 252 valence electrons. The van der Waals surface area contributed by atoms with Gasteiger partial charge in [0.2, 0.25) is 0 Å². The minimum atomic E-state index is -5.20. The molecule has 0 saturated heterocycles. The number of allylic oxidation sites excluding steroid dienone is 2. The zero-order chi connectivity index (χ0) is 34.6. The quantitative estimate of drug-likeness (QED) is 0.180. The van der Waals surface area contributed by atoms with E-state index in [-0.39, 0.29) is 25.0 Å². The van der Waals surface area contributed by atoms with Crippen LogP contribution in [0.1, 0.15) is 51.2 Å². The van der Waals surface area contributed by atoms with E-state index in [0.29, 0.717) is 5.57 Å². The number of ketones is 1. The molecular formula is C33H36F6O7. The van der Waals surface area contributed by atoms with Gasteiger partial charge in [-0.15, -0.1) is 0 Å². The molecule has 2 aromatic rings. The summed E-state index contributed by atoms with van der Waals surface area (Å²) >= 11 is 0. The first kappa shape index (κ1) is 36.8. The second kappa shape index (κ2) is 14.0. The van der Waals surface area contributed by atoms with Crippen LogP contribution in [0.3, 0.4) is 0 Å². The Bertz CT molecular complexity index is 1410. The number of hydrogen-bond donors (Lipinski definition) is 0. The summed E-state index contributed by atoms with van der Waals surface area (Å²) in [6.07, 6.45) is -10.1. The lowest BCUT2D eigenvalue weighted by atomic mass is 9.65. The Hall–Kier alpha value is -3.71. The average molecular weight is 659 g/mol. The van der Waals surface area contributed by atoms with E-state index in [4.69, 9.17) is 18.9 Å². The maximum atomic E-state index is 14.4. The molecule has 7 nitrogen and oxygen atoms in total. The number of rotatable bonds is 12. The van der Waals surface area contributed by atoms with Gasteiger partial charge in [0, 0.05) is 37.2 Å². The Morgan fingerprint density at radius 3 is 1.74 bits per heavy atom. The van der Waals surface area contributed by atoms with Crippen molar-refractivity contribution in [2.75, 3.05) is 20.8 Å². The zero-order valence-corrected chi connectivity index (χ0v) is 26.0. The molecule has 0 N–H and O–H groups in total. The molecule has 1 aliphatic carbocycles. The number of benzene rings is 2. The third-order valence-corrected chi connectivity index (χ3v) is 8.41. The van der Waals surface area contributed by atoms with Crippen LogP contribution in [0.4, 0.5) is 26.3 Å². The minimum absolute atomic E-state index is 0.000327. The highest BCUT2D eigenvalue weighted by molar-refractivity contribution is 5.92. The van der Waals surface area contributed by atoms with Crippen LogP contribution in [0.2, 0.25) is 0 Å². The van der Waals surface area contributed by atoms with Gasteiger partial charge < -0.3 is 18.9 Å². The highest BCUT2D eigenvalue weighted by Crippen LogP contribution is 2.47. The van der Waals surface area contributed by atoms with Crippen molar-refractivity contribution < 1.29 is 59.7 Å². The largest absolute Gasteiger partial charge is 0.462 e. The molecule has 0 heterocycles. The molecule has 0 bridgehead atoms. The summed E-state index contributed by atoms with van der Waals surface area (Å²) < 4.78 is 106. The predicted octanol–water partition coefficient (Wildman–Crippen LogP) is 6.99. The Morgan fingerprint density at radius 2 is 1.30 bits per heavy atom. The van der Waals surface area contributed by atoms with Crippen molar-refractivity contribution in [2.24, 2.45) is 11.3 Å². The summed E-state index contributed by atoms with van der Waals surface area (Å²) in [5, 5.41) is 0. The molecule has 0 aromatic heterocycles. The van der Waals surface area contributed by atoms with Crippen LogP contribution >= 0.6 is 0 Å². The van der Waals surface area contributed by atoms with E-state index in [1.54, 1.807) is 13.8 Å². The number of halogens is 6. The Morgan fingerprint density at radius 1 is 0.848 bits per heavy atom. The summed E-state index contributed by atoms with van der Waals surface area (Å²) in [4.78, 5) is 38.8. The summed E-state index contributed by atoms with van der Waals surface area (Å²) in [5.74, 6) is -4.32. The van der Waals surface area contributed by atoms with Gasteiger partial charge in [-0.1, -0.05) is 73.2 Å². The molecule has 0 radical (unpaired) electrons. The van der Waals surface area contributed by atoms with E-state index >= 15 is 0 Å². The van der Waals surface area contributed by atoms with Crippen molar-refractivity contribution in [3.63, 3.8) is 0 Å². The van der Waals surface area contributed by atoms with Gasteiger partial charge in [-0.25, -0.2) is 9.59 Å². The van der Waals surface area contributed by atoms with E-state index < -0.39 is 70.7 Å². The van der Waals surface area contributed by atoms with E-state index in [9.17, 15) is 40.7 Å². The third-order valence-electron chi connectivity index (χ3n) is 8.41. The Balaban J connectivity index is 1.81. The average Bonchev–Trinajstić information content (AvgIpc) is 2.96. The molecule has 13 heteroatoms. The van der Waals surface area contributed by atoms with Crippen molar-refractivity contribution in [2.45, 2.75) is 69.7 Å². The highest BCUT2D eigenvalue weighted by atomic mass is 19.4. The van der Waals surface area contributed by atoms with Crippen LogP contribution in [0.15, 0.2) is 72.3 Å². The standard InChI is InChI=1S/C33H36F6O7/c1-21-18-25(40)19-29(3,20-45-27(41)30(43-4,32(34,35)36)23-12-8-6-9-13-23)26(21)17-16-22(2)46-28(42)31(44-5,33(37,38)39)24-14-10-7-11-15-24/h6-15,18,22,26H,16-17,19-20H2,1-5H3/t22-,26-,29-,30-,31-/m0/s1. The van der Waals surface area contributed by atoms with Crippen LogP contribution in [0.5, 0.6) is 0 Å². The summed E-state index contributed by atoms with van der Waals surface area (Å²) in [6.45, 7) is 3.97. The number of hydrogen-bond acceptors (Lipinski definition) is 7. The molecular weight excluding hydrogens is 622 g/mol. The van der Waals surface area contributed by atoms with Crippen LogP contribution < -0.4 is 0 Å². The summed E-state index contributed by atoms with van der Waals surface area (Å²) in [5.41, 5.74) is -8.46. The normalized spacial score (nSPS) is 22.2. The Kier molecular flexibility index (Phi) is 11.2. The first-order valence-electron chi connectivity index (χ1n) is 14.3. The smallest absolute Gasteiger partial charge is 0.432 e. The van der Waals surface area contributed by atoms with Crippen LogP contribution in [-0.4, -0.2) is 57.0 Å². The van der Waals surface area contributed by atoms with Gasteiger partial charge in [0.15, 0.2) is 5.78 Å². The van der Waals surface area contributed by atoms with Crippen molar-refractivity contribution in [3.05, 3.63) is 83.4 Å². The van der Waals surface area contributed by atoms with Gasteiger partial charge in [-0.3, -0.25) is 4.79 Å². The van der Waals surface area contributed by atoms with Crippen molar-refractivity contribution in [3.8, 4) is 0 Å². The topological polar surface area (TPSA) is 88.1 Å². The molecule has 1 aliphatic rings. The molecule has 5 atom stereocenters. The number of esters is 2. The molecule has 0 amide bonds. The minimum Gasteiger partial charge on any atom is -0.462 e. The van der Waals surface area contributed by atoms with E-state index in [2.05, 4.69) is 0 Å².